The number of nitrogens with zero attached hydrogens (tertiary/aromatic N) is 1. The zero-order chi connectivity index (χ0) is 14.6. The van der Waals surface area contributed by atoms with Gasteiger partial charge in [-0.2, -0.15) is 12.6 Å². The van der Waals surface area contributed by atoms with Crippen molar-refractivity contribution in [3.05, 3.63) is 0 Å². The van der Waals surface area contributed by atoms with Crippen LogP contribution in [0.2, 0.25) is 0 Å². The van der Waals surface area contributed by atoms with Gasteiger partial charge in [0.1, 0.15) is 0 Å². The van der Waals surface area contributed by atoms with Crippen LogP contribution in [0.1, 0.15) is 12.8 Å². The van der Waals surface area contributed by atoms with Crippen molar-refractivity contribution in [3.63, 3.8) is 0 Å². The molecular formula is C14H29NO4S. The Kier molecular flexibility index (Phi) is 10.7. The topological polar surface area (TPSA) is 40.2 Å². The lowest BCUT2D eigenvalue weighted by Crippen LogP contribution is -2.42. The Morgan fingerprint density at radius 3 is 1.80 bits per heavy atom. The average molecular weight is 307 g/mol. The van der Waals surface area contributed by atoms with Crippen LogP contribution >= 0.6 is 12.6 Å². The Morgan fingerprint density at radius 1 is 0.900 bits per heavy atom. The normalized spacial score (nSPS) is 23.6. The molecule has 2 atom stereocenters. The number of likely N-dealkylation sites (tertiary alicyclic amines) is 1. The fourth-order valence-corrected chi connectivity index (χ4v) is 2.81. The summed E-state index contributed by atoms with van der Waals surface area (Å²) in [6.07, 6.45) is 2.33. The fraction of sp³-hybridized carbons (Fsp3) is 1.00. The summed E-state index contributed by atoms with van der Waals surface area (Å²) in [5, 5.41) is 0. The highest BCUT2D eigenvalue weighted by atomic mass is 32.1. The van der Waals surface area contributed by atoms with Crippen molar-refractivity contribution in [2.24, 2.45) is 0 Å². The standard InChI is InChI=1S/C14H29NO4S/c1-16-6-8-18-11-13-3-4-14(15(13)5-10-20)12-19-9-7-17-2/h13-14,20H,3-12H2,1-2H3/t13-,14-/m1/s1. The van der Waals surface area contributed by atoms with Crippen LogP contribution in [0.15, 0.2) is 0 Å². The number of thiol groups is 1. The summed E-state index contributed by atoms with van der Waals surface area (Å²) in [4.78, 5) is 2.48. The average Bonchev–Trinajstić information content (AvgIpc) is 2.83. The van der Waals surface area contributed by atoms with E-state index in [1.165, 1.54) is 12.8 Å². The molecule has 0 spiro atoms. The van der Waals surface area contributed by atoms with Gasteiger partial charge in [0, 0.05) is 38.6 Å². The van der Waals surface area contributed by atoms with Crippen LogP contribution < -0.4 is 0 Å². The van der Waals surface area contributed by atoms with Gasteiger partial charge in [-0.05, 0) is 12.8 Å². The van der Waals surface area contributed by atoms with Gasteiger partial charge in [0.05, 0.1) is 39.6 Å². The maximum Gasteiger partial charge on any atom is 0.0701 e. The molecule has 1 rings (SSSR count). The fourth-order valence-electron chi connectivity index (χ4n) is 2.58. The number of methoxy groups -OCH3 is 2. The molecule has 1 fully saturated rings. The van der Waals surface area contributed by atoms with E-state index in [9.17, 15) is 0 Å². The lowest BCUT2D eigenvalue weighted by atomic mass is 10.2. The Morgan fingerprint density at radius 2 is 1.40 bits per heavy atom. The summed E-state index contributed by atoms with van der Waals surface area (Å²) in [5.41, 5.74) is 0. The van der Waals surface area contributed by atoms with Crippen molar-refractivity contribution in [3.8, 4) is 0 Å². The van der Waals surface area contributed by atoms with E-state index in [1.807, 2.05) is 0 Å². The minimum Gasteiger partial charge on any atom is -0.382 e. The van der Waals surface area contributed by atoms with Crippen LogP contribution in [-0.2, 0) is 18.9 Å². The van der Waals surface area contributed by atoms with E-state index < -0.39 is 0 Å². The Hall–Kier alpha value is 0.150. The highest BCUT2D eigenvalue weighted by molar-refractivity contribution is 7.80. The number of hydrogen-bond donors (Lipinski definition) is 1. The minimum atomic E-state index is 0.482. The first-order valence-electron chi connectivity index (χ1n) is 7.33. The number of ether oxygens (including phenoxy) is 4. The molecule has 20 heavy (non-hydrogen) atoms. The molecule has 0 aromatic rings. The smallest absolute Gasteiger partial charge is 0.0701 e. The first kappa shape index (κ1) is 18.2. The van der Waals surface area contributed by atoms with Crippen molar-refractivity contribution in [1.29, 1.82) is 0 Å². The van der Waals surface area contributed by atoms with Gasteiger partial charge >= 0.3 is 0 Å². The highest BCUT2D eigenvalue weighted by Gasteiger charge is 2.32. The molecule has 6 heteroatoms. The molecule has 120 valence electrons. The van der Waals surface area contributed by atoms with Gasteiger partial charge in [-0.15, -0.1) is 0 Å². The van der Waals surface area contributed by atoms with Crippen LogP contribution in [0.4, 0.5) is 0 Å². The Labute approximate surface area is 128 Å². The van der Waals surface area contributed by atoms with Gasteiger partial charge in [0.2, 0.25) is 0 Å². The predicted octanol–water partition coefficient (Wildman–Crippen LogP) is 1.08. The Bertz CT molecular complexity index is 213. The molecule has 0 radical (unpaired) electrons. The molecular weight excluding hydrogens is 278 g/mol. The maximum absolute atomic E-state index is 5.67. The summed E-state index contributed by atoms with van der Waals surface area (Å²) in [6, 6.07) is 0.963. The molecule has 0 unspecified atom stereocenters. The second-order valence-electron chi connectivity index (χ2n) is 4.98. The minimum absolute atomic E-state index is 0.482. The molecule has 1 aliphatic rings. The van der Waals surface area contributed by atoms with E-state index in [0.717, 1.165) is 25.5 Å². The van der Waals surface area contributed by atoms with Gasteiger partial charge in [-0.25, -0.2) is 0 Å². The van der Waals surface area contributed by atoms with E-state index in [0.29, 0.717) is 38.5 Å². The number of rotatable bonds is 12. The largest absolute Gasteiger partial charge is 0.382 e. The van der Waals surface area contributed by atoms with E-state index in [2.05, 4.69) is 17.5 Å². The molecule has 0 aromatic heterocycles. The summed E-state index contributed by atoms with van der Waals surface area (Å²) in [7, 11) is 3.39. The summed E-state index contributed by atoms with van der Waals surface area (Å²) in [6.45, 7) is 5.16. The maximum atomic E-state index is 5.67. The first-order valence-corrected chi connectivity index (χ1v) is 7.96. The first-order chi connectivity index (χ1) is 9.83. The van der Waals surface area contributed by atoms with Crippen LogP contribution in [-0.4, -0.2) is 83.1 Å². The summed E-state index contributed by atoms with van der Waals surface area (Å²) < 4.78 is 21.3. The highest BCUT2D eigenvalue weighted by Crippen LogP contribution is 2.24. The molecule has 0 amide bonds. The third kappa shape index (κ3) is 6.74. The monoisotopic (exact) mass is 307 g/mol. The molecule has 1 heterocycles. The van der Waals surface area contributed by atoms with Crippen molar-refractivity contribution in [2.75, 3.05) is 66.2 Å². The molecule has 0 saturated carbocycles. The molecule has 1 saturated heterocycles. The second-order valence-corrected chi connectivity index (χ2v) is 5.43. The Balaban J connectivity index is 2.28. The van der Waals surface area contributed by atoms with Gasteiger partial charge in [-0.3, -0.25) is 4.90 Å². The van der Waals surface area contributed by atoms with E-state index in [4.69, 9.17) is 18.9 Å². The molecule has 0 bridgehead atoms. The van der Waals surface area contributed by atoms with Crippen molar-refractivity contribution in [2.45, 2.75) is 24.9 Å². The van der Waals surface area contributed by atoms with Crippen molar-refractivity contribution < 1.29 is 18.9 Å². The van der Waals surface area contributed by atoms with Crippen LogP contribution in [0, 0.1) is 0 Å². The van der Waals surface area contributed by atoms with Crippen LogP contribution in [0.3, 0.4) is 0 Å². The van der Waals surface area contributed by atoms with Gasteiger partial charge in [0.15, 0.2) is 0 Å². The van der Waals surface area contributed by atoms with Crippen LogP contribution in [0.5, 0.6) is 0 Å². The molecule has 0 aromatic carbocycles. The van der Waals surface area contributed by atoms with E-state index in [-0.39, 0.29) is 0 Å². The quantitative estimate of drug-likeness (QED) is 0.431. The molecule has 1 aliphatic heterocycles. The zero-order valence-corrected chi connectivity index (χ0v) is 13.6. The van der Waals surface area contributed by atoms with Crippen LogP contribution in [0.25, 0.3) is 0 Å². The van der Waals surface area contributed by atoms with Crippen molar-refractivity contribution in [1.82, 2.24) is 4.90 Å². The predicted molar refractivity (Wildman–Crippen MR) is 82.8 cm³/mol. The van der Waals surface area contributed by atoms with Crippen molar-refractivity contribution >= 4 is 12.6 Å². The third-order valence-corrected chi connectivity index (χ3v) is 3.81. The molecule has 0 N–H and O–H groups in total. The molecule has 0 aliphatic carbocycles. The van der Waals surface area contributed by atoms with Gasteiger partial charge in [0.25, 0.3) is 0 Å². The van der Waals surface area contributed by atoms with Gasteiger partial charge in [-0.1, -0.05) is 0 Å². The summed E-state index contributed by atoms with van der Waals surface area (Å²) in [5.74, 6) is 0.864. The second kappa shape index (κ2) is 11.8. The van der Waals surface area contributed by atoms with E-state index in [1.54, 1.807) is 14.2 Å². The summed E-state index contributed by atoms with van der Waals surface area (Å²) >= 11 is 4.36. The van der Waals surface area contributed by atoms with Gasteiger partial charge < -0.3 is 18.9 Å². The zero-order valence-electron chi connectivity index (χ0n) is 12.8. The molecule has 5 nitrogen and oxygen atoms in total. The van der Waals surface area contributed by atoms with E-state index >= 15 is 0 Å². The third-order valence-electron chi connectivity index (χ3n) is 3.61. The lowest BCUT2D eigenvalue weighted by Gasteiger charge is -2.29. The lowest BCUT2D eigenvalue weighted by molar-refractivity contribution is 0.0121. The SMILES string of the molecule is COCCOC[C@H]1CC[C@H](COCCOC)N1CCS. The number of hydrogen-bond acceptors (Lipinski definition) is 6.